The molecule has 1 aromatic heterocycles. The molecule has 1 aromatic carbocycles. The van der Waals surface area contributed by atoms with Crippen LogP contribution >= 0.6 is 0 Å². The zero-order chi connectivity index (χ0) is 17.6. The van der Waals surface area contributed by atoms with Crippen molar-refractivity contribution in [3.63, 3.8) is 0 Å². The molecule has 1 aliphatic heterocycles. The van der Waals surface area contributed by atoms with Crippen LogP contribution in [0.3, 0.4) is 0 Å². The first kappa shape index (κ1) is 17.7. The van der Waals surface area contributed by atoms with Gasteiger partial charge in [-0.3, -0.25) is 4.79 Å². The molecule has 0 bridgehead atoms. The van der Waals surface area contributed by atoms with Gasteiger partial charge in [0.2, 0.25) is 5.91 Å². The lowest BCUT2D eigenvalue weighted by Crippen LogP contribution is -2.37. The third kappa shape index (κ3) is 4.69. The molecular formula is C20H28N4O. The maximum absolute atomic E-state index is 12.1. The van der Waals surface area contributed by atoms with Gasteiger partial charge in [-0.1, -0.05) is 18.6 Å². The van der Waals surface area contributed by atoms with E-state index < -0.39 is 0 Å². The van der Waals surface area contributed by atoms with E-state index in [1.54, 1.807) is 6.20 Å². The highest BCUT2D eigenvalue weighted by atomic mass is 16.1. The van der Waals surface area contributed by atoms with Crippen molar-refractivity contribution in [1.29, 1.82) is 0 Å². The van der Waals surface area contributed by atoms with E-state index >= 15 is 0 Å². The zero-order valence-electron chi connectivity index (χ0n) is 15.2. The lowest BCUT2D eigenvalue weighted by atomic mass is 9.98. The molecule has 1 atom stereocenters. The minimum absolute atomic E-state index is 0.147. The molecule has 134 valence electrons. The summed E-state index contributed by atoms with van der Waals surface area (Å²) in [6.07, 6.45) is 9.12. The van der Waals surface area contributed by atoms with Crippen molar-refractivity contribution in [2.45, 2.75) is 51.6 Å². The molecule has 5 nitrogen and oxygen atoms in total. The number of rotatable bonds is 6. The predicted octanol–water partition coefficient (Wildman–Crippen LogP) is 3.06. The van der Waals surface area contributed by atoms with Gasteiger partial charge in [-0.05, 0) is 57.5 Å². The number of piperidine rings is 1. The van der Waals surface area contributed by atoms with Crippen LogP contribution in [0.1, 0.15) is 43.5 Å². The zero-order valence-corrected chi connectivity index (χ0v) is 15.2. The van der Waals surface area contributed by atoms with E-state index in [1.165, 1.54) is 19.3 Å². The summed E-state index contributed by atoms with van der Waals surface area (Å²) in [5.41, 5.74) is 2.20. The van der Waals surface area contributed by atoms with Crippen molar-refractivity contribution in [2.24, 2.45) is 0 Å². The number of hydrogen-bond acceptors (Lipinski definition) is 3. The van der Waals surface area contributed by atoms with Gasteiger partial charge >= 0.3 is 0 Å². The predicted molar refractivity (Wildman–Crippen MR) is 99.7 cm³/mol. The van der Waals surface area contributed by atoms with Crippen molar-refractivity contribution < 1.29 is 4.79 Å². The topological polar surface area (TPSA) is 50.2 Å². The number of likely N-dealkylation sites (tertiary alicyclic amines) is 1. The van der Waals surface area contributed by atoms with Crippen LogP contribution in [-0.2, 0) is 11.3 Å². The van der Waals surface area contributed by atoms with Crippen molar-refractivity contribution in [3.8, 4) is 5.69 Å². The molecule has 3 rings (SSSR count). The standard InChI is InChI=1S/C20H28N4O/c1-16-21-12-14-24(16)19-8-6-17(7-9-19)15-22-20(25)11-10-18-5-3-4-13-23(18)2/h6-9,12,14,18H,3-5,10-11,13,15H2,1-2H3,(H,22,25)/t18-/m0/s1. The number of carbonyl (C=O) groups excluding carboxylic acids is 1. The molecule has 1 fully saturated rings. The maximum atomic E-state index is 12.1. The van der Waals surface area contributed by atoms with Crippen LogP contribution in [0.5, 0.6) is 0 Å². The van der Waals surface area contributed by atoms with Crippen LogP contribution < -0.4 is 5.32 Å². The Bertz CT molecular complexity index is 692. The van der Waals surface area contributed by atoms with Crippen molar-refractivity contribution in [1.82, 2.24) is 19.8 Å². The Morgan fingerprint density at radius 1 is 1.28 bits per heavy atom. The molecule has 25 heavy (non-hydrogen) atoms. The minimum Gasteiger partial charge on any atom is -0.352 e. The number of hydrogen-bond donors (Lipinski definition) is 1. The Kier molecular flexibility index (Phi) is 5.87. The van der Waals surface area contributed by atoms with E-state index in [2.05, 4.69) is 46.5 Å². The average Bonchev–Trinajstić information content (AvgIpc) is 3.06. The van der Waals surface area contributed by atoms with Crippen LogP contribution in [0.15, 0.2) is 36.7 Å². The molecule has 5 heteroatoms. The highest BCUT2D eigenvalue weighted by molar-refractivity contribution is 5.75. The van der Waals surface area contributed by atoms with E-state index in [0.29, 0.717) is 19.0 Å². The number of nitrogens with zero attached hydrogens (tertiary/aromatic N) is 3. The van der Waals surface area contributed by atoms with Gasteiger partial charge in [-0.2, -0.15) is 0 Å². The highest BCUT2D eigenvalue weighted by Gasteiger charge is 2.19. The smallest absolute Gasteiger partial charge is 0.220 e. The fourth-order valence-corrected chi connectivity index (χ4v) is 3.52. The number of carbonyl (C=O) groups is 1. The van der Waals surface area contributed by atoms with Gasteiger partial charge in [0.25, 0.3) is 0 Å². The molecule has 1 amide bonds. The average molecular weight is 340 g/mol. The van der Waals surface area contributed by atoms with E-state index in [4.69, 9.17) is 0 Å². The third-order valence-electron chi connectivity index (χ3n) is 5.16. The Morgan fingerprint density at radius 3 is 2.76 bits per heavy atom. The molecule has 1 N–H and O–H groups in total. The third-order valence-corrected chi connectivity index (χ3v) is 5.16. The minimum atomic E-state index is 0.147. The normalized spacial score (nSPS) is 18.2. The van der Waals surface area contributed by atoms with Gasteiger partial charge in [0.1, 0.15) is 5.82 Å². The number of aryl methyl sites for hydroxylation is 1. The second-order valence-electron chi connectivity index (χ2n) is 6.96. The fraction of sp³-hybridized carbons (Fsp3) is 0.500. The fourth-order valence-electron chi connectivity index (χ4n) is 3.52. The molecule has 2 aromatic rings. The summed E-state index contributed by atoms with van der Waals surface area (Å²) in [6.45, 7) is 3.73. The van der Waals surface area contributed by atoms with E-state index in [9.17, 15) is 4.79 Å². The number of imidazole rings is 1. The van der Waals surface area contributed by atoms with Crippen LogP contribution in [0.4, 0.5) is 0 Å². The summed E-state index contributed by atoms with van der Waals surface area (Å²) in [4.78, 5) is 18.8. The molecule has 0 radical (unpaired) electrons. The van der Waals surface area contributed by atoms with Gasteiger partial charge in [0, 0.05) is 37.1 Å². The molecule has 0 unspecified atom stereocenters. The molecule has 1 saturated heterocycles. The molecular weight excluding hydrogens is 312 g/mol. The Balaban J connectivity index is 1.45. The Morgan fingerprint density at radius 2 is 2.08 bits per heavy atom. The summed E-state index contributed by atoms with van der Waals surface area (Å²) in [7, 11) is 2.17. The van der Waals surface area contributed by atoms with Gasteiger partial charge in [0.05, 0.1) is 0 Å². The van der Waals surface area contributed by atoms with Crippen LogP contribution in [0.25, 0.3) is 5.69 Å². The van der Waals surface area contributed by atoms with Gasteiger partial charge < -0.3 is 14.8 Å². The highest BCUT2D eigenvalue weighted by Crippen LogP contribution is 2.19. The second kappa shape index (κ2) is 8.30. The lowest BCUT2D eigenvalue weighted by Gasteiger charge is -2.32. The quantitative estimate of drug-likeness (QED) is 0.879. The largest absolute Gasteiger partial charge is 0.352 e. The van der Waals surface area contributed by atoms with Crippen molar-refractivity contribution in [2.75, 3.05) is 13.6 Å². The van der Waals surface area contributed by atoms with E-state index in [1.807, 2.05) is 17.7 Å². The molecule has 0 spiro atoms. The number of nitrogens with one attached hydrogen (secondary N) is 1. The monoisotopic (exact) mass is 340 g/mol. The van der Waals surface area contributed by atoms with E-state index in [0.717, 1.165) is 30.0 Å². The first-order chi connectivity index (χ1) is 12.1. The SMILES string of the molecule is Cc1nccn1-c1ccc(CNC(=O)CC[C@@H]2CCCCN2C)cc1. The van der Waals surface area contributed by atoms with Crippen LogP contribution in [0.2, 0.25) is 0 Å². The molecule has 0 aliphatic carbocycles. The van der Waals surface area contributed by atoms with Gasteiger partial charge in [-0.15, -0.1) is 0 Å². The summed E-state index contributed by atoms with van der Waals surface area (Å²) in [6, 6.07) is 8.81. The number of benzene rings is 1. The molecule has 0 saturated carbocycles. The Labute approximate surface area is 150 Å². The summed E-state index contributed by atoms with van der Waals surface area (Å²) >= 11 is 0. The summed E-state index contributed by atoms with van der Waals surface area (Å²) in [5, 5.41) is 3.04. The first-order valence-electron chi connectivity index (χ1n) is 9.19. The first-order valence-corrected chi connectivity index (χ1v) is 9.19. The summed E-state index contributed by atoms with van der Waals surface area (Å²) < 4.78 is 2.04. The van der Waals surface area contributed by atoms with E-state index in [-0.39, 0.29) is 5.91 Å². The second-order valence-corrected chi connectivity index (χ2v) is 6.96. The molecule has 2 heterocycles. The molecule has 1 aliphatic rings. The van der Waals surface area contributed by atoms with Gasteiger partial charge in [-0.25, -0.2) is 4.98 Å². The lowest BCUT2D eigenvalue weighted by molar-refractivity contribution is -0.121. The Hall–Kier alpha value is -2.14. The number of aromatic nitrogens is 2. The van der Waals surface area contributed by atoms with Crippen molar-refractivity contribution in [3.05, 3.63) is 48.0 Å². The van der Waals surface area contributed by atoms with Crippen molar-refractivity contribution >= 4 is 5.91 Å². The number of amides is 1. The van der Waals surface area contributed by atoms with Crippen LogP contribution in [0, 0.1) is 6.92 Å². The van der Waals surface area contributed by atoms with Gasteiger partial charge in [0.15, 0.2) is 0 Å². The maximum Gasteiger partial charge on any atom is 0.220 e. The summed E-state index contributed by atoms with van der Waals surface area (Å²) in [5.74, 6) is 1.11. The van der Waals surface area contributed by atoms with Crippen LogP contribution in [-0.4, -0.2) is 40.0 Å².